The first kappa shape index (κ1) is 23.1. The van der Waals surface area contributed by atoms with Gasteiger partial charge in [0.15, 0.2) is 5.82 Å². The van der Waals surface area contributed by atoms with Crippen LogP contribution in [-0.4, -0.2) is 51.1 Å². The average Bonchev–Trinajstić information content (AvgIpc) is 3.58. The smallest absolute Gasteiger partial charge is 0.355 e. The summed E-state index contributed by atoms with van der Waals surface area (Å²) in [6.07, 6.45) is 3.81. The van der Waals surface area contributed by atoms with Gasteiger partial charge in [-0.3, -0.25) is 4.98 Å². The molecule has 7 nitrogen and oxygen atoms in total. The van der Waals surface area contributed by atoms with Crippen LogP contribution in [0.3, 0.4) is 0 Å². The molecule has 2 aliphatic rings. The van der Waals surface area contributed by atoms with Crippen LogP contribution in [0.2, 0.25) is 0 Å². The highest BCUT2D eigenvalue weighted by Crippen LogP contribution is 2.46. The van der Waals surface area contributed by atoms with Crippen LogP contribution in [0.1, 0.15) is 50.3 Å². The summed E-state index contributed by atoms with van der Waals surface area (Å²) in [7, 11) is 2.07. The number of halogens is 3. The summed E-state index contributed by atoms with van der Waals surface area (Å²) < 4.78 is 40.3. The third-order valence-corrected chi connectivity index (χ3v) is 7.59. The van der Waals surface area contributed by atoms with E-state index in [1.807, 2.05) is 6.20 Å². The number of hydrogen-bond acceptors (Lipinski definition) is 6. The van der Waals surface area contributed by atoms with E-state index < -0.39 is 11.9 Å². The highest BCUT2D eigenvalue weighted by molar-refractivity contribution is 5.97. The van der Waals surface area contributed by atoms with Crippen molar-refractivity contribution in [1.29, 1.82) is 0 Å². The van der Waals surface area contributed by atoms with E-state index in [0.29, 0.717) is 28.2 Å². The van der Waals surface area contributed by atoms with Gasteiger partial charge < -0.3 is 15.2 Å². The first-order valence-corrected chi connectivity index (χ1v) is 12.3. The van der Waals surface area contributed by atoms with Gasteiger partial charge in [0.05, 0.1) is 11.7 Å². The molecule has 0 amide bonds. The van der Waals surface area contributed by atoms with E-state index in [0.717, 1.165) is 55.2 Å². The third kappa shape index (κ3) is 3.87. The van der Waals surface area contributed by atoms with Crippen molar-refractivity contribution in [2.45, 2.75) is 51.2 Å². The van der Waals surface area contributed by atoms with Crippen LogP contribution in [0, 0.1) is 5.41 Å². The second-order valence-corrected chi connectivity index (χ2v) is 10.7. The van der Waals surface area contributed by atoms with Crippen LogP contribution in [0.4, 0.5) is 19.0 Å². The molecule has 0 spiro atoms. The van der Waals surface area contributed by atoms with E-state index >= 15 is 0 Å². The zero-order valence-electron chi connectivity index (χ0n) is 20.4. The van der Waals surface area contributed by atoms with E-state index in [1.54, 1.807) is 12.3 Å². The minimum Gasteiger partial charge on any atom is -0.355 e. The Hall–Kier alpha value is -3.27. The Bertz CT molecular complexity index is 1460. The standard InChI is InChI=1S/C26H28F3N7/c1-25(2)13-30-8-7-20(25)36(3)24-21-17(14-4-5-14)11-31-12-18(21)33-23(35-24)15-6-9-32-22-16(15)10-19(34-22)26(27,28)29/h6,9-12,14,20,30H,4-5,7-8,13H2,1-3H3,(H,32,34). The molecule has 1 saturated heterocycles. The molecule has 188 valence electrons. The minimum absolute atomic E-state index is 0.00337. The second kappa shape index (κ2) is 8.12. The number of alkyl halides is 3. The molecule has 0 aromatic carbocycles. The van der Waals surface area contributed by atoms with Crippen LogP contribution in [0.25, 0.3) is 33.3 Å². The average molecular weight is 496 g/mol. The number of H-pyrrole nitrogens is 1. The first-order valence-electron chi connectivity index (χ1n) is 12.3. The van der Waals surface area contributed by atoms with Crippen molar-refractivity contribution in [3.63, 3.8) is 0 Å². The second-order valence-electron chi connectivity index (χ2n) is 10.7. The van der Waals surface area contributed by atoms with Crippen molar-refractivity contribution in [1.82, 2.24) is 30.2 Å². The number of fused-ring (bicyclic) bond motifs is 2. The maximum absolute atomic E-state index is 13.4. The van der Waals surface area contributed by atoms with Crippen molar-refractivity contribution in [2.24, 2.45) is 5.41 Å². The van der Waals surface area contributed by atoms with Crippen molar-refractivity contribution >= 4 is 27.8 Å². The number of aromatic nitrogens is 5. The highest BCUT2D eigenvalue weighted by atomic mass is 19.4. The summed E-state index contributed by atoms with van der Waals surface area (Å²) in [6, 6.07) is 2.99. The summed E-state index contributed by atoms with van der Waals surface area (Å²) in [5.41, 5.74) is 1.67. The van der Waals surface area contributed by atoms with E-state index in [4.69, 9.17) is 9.97 Å². The fourth-order valence-corrected chi connectivity index (χ4v) is 5.57. The van der Waals surface area contributed by atoms with E-state index in [2.05, 4.69) is 46.1 Å². The Kier molecular flexibility index (Phi) is 5.22. The Morgan fingerprint density at radius 2 is 1.92 bits per heavy atom. The molecule has 0 radical (unpaired) electrons. The molecule has 6 rings (SSSR count). The minimum atomic E-state index is -4.50. The van der Waals surface area contributed by atoms with Crippen LogP contribution >= 0.6 is 0 Å². The number of nitrogens with zero attached hydrogens (tertiary/aromatic N) is 5. The number of anilines is 1. The molecule has 1 aliphatic heterocycles. The van der Waals surface area contributed by atoms with Crippen LogP contribution in [-0.2, 0) is 6.18 Å². The van der Waals surface area contributed by atoms with Gasteiger partial charge in [0, 0.05) is 48.4 Å². The van der Waals surface area contributed by atoms with Crippen molar-refractivity contribution in [3.05, 3.63) is 42.0 Å². The van der Waals surface area contributed by atoms with E-state index in [9.17, 15) is 13.2 Å². The molecule has 36 heavy (non-hydrogen) atoms. The SMILES string of the molecule is CN(c1nc(-c2ccnc3[nH]c(C(F)(F)F)cc23)nc2cncc(C3CC3)c12)C1CCNCC1(C)C. The molecule has 4 aromatic heterocycles. The van der Waals surface area contributed by atoms with Crippen molar-refractivity contribution < 1.29 is 13.2 Å². The Balaban J connectivity index is 1.57. The van der Waals surface area contributed by atoms with Gasteiger partial charge in [-0.1, -0.05) is 13.8 Å². The number of nitrogens with one attached hydrogen (secondary N) is 2. The Morgan fingerprint density at radius 3 is 2.64 bits per heavy atom. The Morgan fingerprint density at radius 1 is 1.11 bits per heavy atom. The zero-order valence-corrected chi connectivity index (χ0v) is 20.4. The zero-order chi connectivity index (χ0) is 25.2. The predicted molar refractivity (Wildman–Crippen MR) is 133 cm³/mol. The first-order chi connectivity index (χ1) is 17.1. The van der Waals surface area contributed by atoms with Gasteiger partial charge in [0.1, 0.15) is 17.2 Å². The lowest BCUT2D eigenvalue weighted by molar-refractivity contribution is -0.140. The molecule has 2 fully saturated rings. The molecule has 1 atom stereocenters. The topological polar surface area (TPSA) is 82.6 Å². The third-order valence-electron chi connectivity index (χ3n) is 7.59. The van der Waals surface area contributed by atoms with Gasteiger partial charge in [-0.2, -0.15) is 13.2 Å². The summed E-state index contributed by atoms with van der Waals surface area (Å²) >= 11 is 0. The maximum Gasteiger partial charge on any atom is 0.431 e. The van der Waals surface area contributed by atoms with Gasteiger partial charge in [-0.15, -0.1) is 0 Å². The number of piperidine rings is 1. The van der Waals surface area contributed by atoms with Crippen molar-refractivity contribution in [3.8, 4) is 11.4 Å². The molecule has 0 bridgehead atoms. The molecular weight excluding hydrogens is 467 g/mol. The van der Waals surface area contributed by atoms with Gasteiger partial charge in [-0.05, 0) is 54.8 Å². The van der Waals surface area contributed by atoms with Gasteiger partial charge in [0.2, 0.25) is 0 Å². The summed E-state index contributed by atoms with van der Waals surface area (Å²) in [4.78, 5) is 23.1. The molecule has 1 aliphatic carbocycles. The normalized spacial score (nSPS) is 20.2. The van der Waals surface area contributed by atoms with E-state index in [-0.39, 0.29) is 17.1 Å². The summed E-state index contributed by atoms with van der Waals surface area (Å²) in [5, 5.41) is 4.82. The molecule has 2 N–H and O–H groups in total. The fraction of sp³-hybridized carbons (Fsp3) is 0.462. The molecule has 4 aromatic rings. The predicted octanol–water partition coefficient (Wildman–Crippen LogP) is 5.29. The van der Waals surface area contributed by atoms with Gasteiger partial charge in [0.25, 0.3) is 0 Å². The maximum atomic E-state index is 13.4. The van der Waals surface area contributed by atoms with Crippen LogP contribution in [0.15, 0.2) is 30.7 Å². The molecule has 1 unspecified atom stereocenters. The molecular formula is C26H28F3N7. The summed E-state index contributed by atoms with van der Waals surface area (Å²) in [5.74, 6) is 1.61. The quantitative estimate of drug-likeness (QED) is 0.400. The van der Waals surface area contributed by atoms with Crippen molar-refractivity contribution in [2.75, 3.05) is 25.0 Å². The van der Waals surface area contributed by atoms with Gasteiger partial charge >= 0.3 is 6.18 Å². The fourth-order valence-electron chi connectivity index (χ4n) is 5.57. The molecule has 10 heteroatoms. The number of rotatable bonds is 4. The largest absolute Gasteiger partial charge is 0.431 e. The number of aromatic amines is 1. The number of hydrogen-bond donors (Lipinski definition) is 2. The van der Waals surface area contributed by atoms with Crippen LogP contribution in [0.5, 0.6) is 0 Å². The highest BCUT2D eigenvalue weighted by Gasteiger charge is 2.38. The van der Waals surface area contributed by atoms with Gasteiger partial charge in [-0.25, -0.2) is 15.0 Å². The van der Waals surface area contributed by atoms with E-state index in [1.165, 1.54) is 6.20 Å². The molecule has 1 saturated carbocycles. The lowest BCUT2D eigenvalue weighted by Gasteiger charge is -2.45. The van der Waals surface area contributed by atoms with Crippen LogP contribution < -0.4 is 10.2 Å². The Labute approximate surface area is 206 Å². The summed E-state index contributed by atoms with van der Waals surface area (Å²) in [6.45, 7) is 6.31. The number of pyridine rings is 2. The molecule has 5 heterocycles. The lowest BCUT2D eigenvalue weighted by atomic mass is 9.79. The monoisotopic (exact) mass is 495 g/mol. The lowest BCUT2D eigenvalue weighted by Crippen LogP contribution is -2.53.